The molecule has 0 spiro atoms. The van der Waals surface area contributed by atoms with Crippen molar-refractivity contribution in [2.24, 2.45) is 0 Å². The molecule has 3 aromatic rings. The van der Waals surface area contributed by atoms with Gasteiger partial charge < -0.3 is 20.8 Å². The summed E-state index contributed by atoms with van der Waals surface area (Å²) >= 11 is 2.25. The van der Waals surface area contributed by atoms with Crippen molar-refractivity contribution in [1.29, 1.82) is 0 Å². The fraction of sp³-hybridized carbons (Fsp3) is 0.231. The van der Waals surface area contributed by atoms with E-state index < -0.39 is 5.97 Å². The van der Waals surface area contributed by atoms with Crippen molar-refractivity contribution < 1.29 is 14.3 Å². The van der Waals surface area contributed by atoms with Crippen LogP contribution in [0, 0.1) is 6.92 Å². The Labute approximate surface area is 149 Å². The third-order valence-corrected chi connectivity index (χ3v) is 4.98. The molecule has 0 atom stereocenters. The fourth-order valence-corrected chi connectivity index (χ4v) is 3.48. The van der Waals surface area contributed by atoms with E-state index in [2.05, 4.69) is 35.0 Å². The molecule has 0 unspecified atom stereocenters. The number of carbonyl (C=O) groups excluding carboxylic acids is 2. The molecule has 0 fully saturated rings. The van der Waals surface area contributed by atoms with Gasteiger partial charge in [-0.25, -0.2) is 24.7 Å². The molecule has 0 aliphatic carbocycles. The number of aromatic nitrogens is 5. The zero-order chi connectivity index (χ0) is 18.0. The summed E-state index contributed by atoms with van der Waals surface area (Å²) in [6.45, 7) is 1.67. The van der Waals surface area contributed by atoms with Crippen molar-refractivity contribution in [2.75, 3.05) is 23.9 Å². The van der Waals surface area contributed by atoms with Crippen molar-refractivity contribution in [3.05, 3.63) is 16.9 Å². The summed E-state index contributed by atoms with van der Waals surface area (Å²) in [4.78, 5) is 43.2. The number of thiazole rings is 1. The molecule has 0 saturated carbocycles. The number of H-pyrrole nitrogens is 1. The first-order chi connectivity index (χ1) is 12.0. The predicted octanol–water partition coefficient (Wildman–Crippen LogP) is 1.22. The number of imidazole rings is 1. The van der Waals surface area contributed by atoms with Gasteiger partial charge in [0.05, 0.1) is 18.6 Å². The molecular formula is C13H13N7O3S2. The number of amides is 1. The van der Waals surface area contributed by atoms with Crippen molar-refractivity contribution >= 4 is 57.1 Å². The first-order valence-electron chi connectivity index (χ1n) is 6.92. The molecule has 0 radical (unpaired) electrons. The monoisotopic (exact) mass is 379 g/mol. The van der Waals surface area contributed by atoms with Crippen molar-refractivity contribution in [2.45, 2.75) is 12.1 Å². The Morgan fingerprint density at radius 1 is 1.40 bits per heavy atom. The number of aryl methyl sites for hydroxylation is 1. The molecule has 25 heavy (non-hydrogen) atoms. The summed E-state index contributed by atoms with van der Waals surface area (Å²) in [6.07, 6.45) is 1.32. The van der Waals surface area contributed by atoms with Crippen molar-refractivity contribution in [1.82, 2.24) is 24.9 Å². The average molecular weight is 379 g/mol. The number of carbonyl (C=O) groups is 2. The lowest BCUT2D eigenvalue weighted by Crippen LogP contribution is -2.13. The number of anilines is 2. The van der Waals surface area contributed by atoms with Gasteiger partial charge in [-0.05, 0) is 6.92 Å². The Morgan fingerprint density at radius 3 is 2.92 bits per heavy atom. The quantitative estimate of drug-likeness (QED) is 0.439. The third kappa shape index (κ3) is 3.69. The van der Waals surface area contributed by atoms with Gasteiger partial charge in [-0.3, -0.25) is 4.79 Å². The Kier molecular flexibility index (Phi) is 4.81. The highest BCUT2D eigenvalue weighted by atomic mass is 32.2. The number of hydrogen-bond acceptors (Lipinski definition) is 10. The lowest BCUT2D eigenvalue weighted by molar-refractivity contribution is -0.113. The number of nitrogens with zero attached hydrogens (tertiary/aromatic N) is 4. The summed E-state index contributed by atoms with van der Waals surface area (Å²) in [7, 11) is 1.29. The van der Waals surface area contributed by atoms with Gasteiger partial charge in [0.1, 0.15) is 16.7 Å². The number of aromatic amines is 1. The number of nitrogen functional groups attached to an aromatic ring is 1. The van der Waals surface area contributed by atoms with E-state index in [1.807, 2.05) is 0 Å². The second-order valence-corrected chi connectivity index (χ2v) is 6.72. The van der Waals surface area contributed by atoms with Crippen molar-refractivity contribution in [3.63, 3.8) is 0 Å². The maximum atomic E-state index is 12.1. The minimum Gasteiger partial charge on any atom is -0.465 e. The molecule has 1 amide bonds. The van der Waals surface area contributed by atoms with Gasteiger partial charge >= 0.3 is 5.97 Å². The number of hydrogen-bond donors (Lipinski definition) is 3. The minimum absolute atomic E-state index is 0.0966. The highest BCUT2D eigenvalue weighted by molar-refractivity contribution is 7.99. The average Bonchev–Trinajstić information content (AvgIpc) is 3.16. The number of rotatable bonds is 5. The van der Waals surface area contributed by atoms with Crippen LogP contribution in [0.15, 0.2) is 11.5 Å². The highest BCUT2D eigenvalue weighted by Crippen LogP contribution is 2.24. The summed E-state index contributed by atoms with van der Waals surface area (Å²) in [5.74, 6) is -0.373. The van der Waals surface area contributed by atoms with Crippen LogP contribution in [0.25, 0.3) is 11.2 Å². The Hall–Kier alpha value is -2.73. The second-order valence-electron chi connectivity index (χ2n) is 4.76. The SMILES string of the molecule is COC(=O)c1sc(NC(=O)CSc2nc3ncnc(N)c3[nH]2)nc1C. The molecule has 3 heterocycles. The molecule has 3 aromatic heterocycles. The molecule has 0 bridgehead atoms. The number of esters is 1. The maximum absolute atomic E-state index is 12.1. The standard InChI is InChI=1S/C13H13N7O3S2/c1-5-8(11(22)23-2)25-13(17-5)18-6(21)3-24-12-19-7-9(14)15-4-16-10(7)20-12/h4H,3H2,1-2H3,(H,17,18,21)(H3,14,15,16,19,20). The molecule has 12 heteroatoms. The van der Waals surface area contributed by atoms with Crippen LogP contribution in [-0.4, -0.2) is 49.7 Å². The normalized spacial score (nSPS) is 10.8. The first-order valence-corrected chi connectivity index (χ1v) is 8.72. The van der Waals surface area contributed by atoms with E-state index in [1.54, 1.807) is 6.92 Å². The van der Waals surface area contributed by atoms with Gasteiger partial charge in [0.25, 0.3) is 0 Å². The topological polar surface area (TPSA) is 149 Å². The van der Waals surface area contributed by atoms with Gasteiger partial charge in [-0.2, -0.15) is 0 Å². The van der Waals surface area contributed by atoms with Gasteiger partial charge in [0.15, 0.2) is 21.8 Å². The van der Waals surface area contributed by atoms with Crippen LogP contribution in [0.4, 0.5) is 10.9 Å². The summed E-state index contributed by atoms with van der Waals surface area (Å²) in [5, 5.41) is 3.48. The molecule has 0 aromatic carbocycles. The molecule has 0 aliphatic rings. The van der Waals surface area contributed by atoms with E-state index in [0.717, 1.165) is 11.3 Å². The van der Waals surface area contributed by atoms with E-state index in [-0.39, 0.29) is 11.7 Å². The molecular weight excluding hydrogens is 366 g/mol. The number of fused-ring (bicyclic) bond motifs is 1. The lowest BCUT2D eigenvalue weighted by Gasteiger charge is -1.99. The van der Waals surface area contributed by atoms with Crippen LogP contribution in [0.3, 0.4) is 0 Å². The summed E-state index contributed by atoms with van der Waals surface area (Å²) in [6, 6.07) is 0. The van der Waals surface area contributed by atoms with Crippen LogP contribution in [0.5, 0.6) is 0 Å². The first kappa shape index (κ1) is 17.1. The molecule has 4 N–H and O–H groups in total. The zero-order valence-corrected chi connectivity index (χ0v) is 14.8. The molecule has 3 rings (SSSR count). The largest absolute Gasteiger partial charge is 0.465 e. The van der Waals surface area contributed by atoms with Gasteiger partial charge in [0, 0.05) is 0 Å². The highest BCUT2D eigenvalue weighted by Gasteiger charge is 2.17. The van der Waals surface area contributed by atoms with Crippen LogP contribution in [0.2, 0.25) is 0 Å². The maximum Gasteiger partial charge on any atom is 0.350 e. The molecule has 0 aliphatic heterocycles. The van der Waals surface area contributed by atoms with E-state index in [9.17, 15) is 9.59 Å². The van der Waals surface area contributed by atoms with Crippen LogP contribution < -0.4 is 11.1 Å². The van der Waals surface area contributed by atoms with Crippen LogP contribution >= 0.6 is 23.1 Å². The van der Waals surface area contributed by atoms with Gasteiger partial charge in [0.2, 0.25) is 5.91 Å². The summed E-state index contributed by atoms with van der Waals surface area (Å²) < 4.78 is 4.66. The van der Waals surface area contributed by atoms with Crippen molar-refractivity contribution in [3.8, 4) is 0 Å². The van der Waals surface area contributed by atoms with E-state index in [0.29, 0.717) is 37.8 Å². The van der Waals surface area contributed by atoms with Gasteiger partial charge in [-0.1, -0.05) is 23.1 Å². The summed E-state index contributed by atoms with van der Waals surface area (Å²) in [5.41, 5.74) is 7.20. The number of ether oxygens (including phenoxy) is 1. The predicted molar refractivity (Wildman–Crippen MR) is 93.6 cm³/mol. The smallest absolute Gasteiger partial charge is 0.350 e. The zero-order valence-electron chi connectivity index (χ0n) is 13.2. The Balaban J connectivity index is 1.62. The molecule has 10 nitrogen and oxygen atoms in total. The minimum atomic E-state index is -0.481. The third-order valence-electron chi connectivity index (χ3n) is 3.05. The number of thioether (sulfide) groups is 1. The number of nitrogens with two attached hydrogens (primary N) is 1. The Bertz CT molecular complexity index is 952. The molecule has 0 saturated heterocycles. The Morgan fingerprint density at radius 2 is 2.20 bits per heavy atom. The number of nitrogens with one attached hydrogen (secondary N) is 2. The number of methoxy groups -OCH3 is 1. The van der Waals surface area contributed by atoms with E-state index >= 15 is 0 Å². The van der Waals surface area contributed by atoms with E-state index in [1.165, 1.54) is 25.2 Å². The van der Waals surface area contributed by atoms with E-state index in [4.69, 9.17) is 5.73 Å². The fourth-order valence-electron chi connectivity index (χ4n) is 1.91. The van der Waals surface area contributed by atoms with Crippen LogP contribution in [0.1, 0.15) is 15.4 Å². The second kappa shape index (κ2) is 7.03. The van der Waals surface area contributed by atoms with Gasteiger partial charge in [-0.15, -0.1) is 0 Å². The lowest BCUT2D eigenvalue weighted by atomic mass is 10.4. The van der Waals surface area contributed by atoms with Crippen LogP contribution in [-0.2, 0) is 9.53 Å². The molecule has 130 valence electrons.